The summed E-state index contributed by atoms with van der Waals surface area (Å²) in [6.45, 7) is 11.3. The van der Waals surface area contributed by atoms with Gasteiger partial charge in [0.15, 0.2) is 0 Å². The number of carboxylic acids is 5. The van der Waals surface area contributed by atoms with E-state index in [0.717, 1.165) is 64.2 Å². The van der Waals surface area contributed by atoms with Crippen LogP contribution in [0.15, 0.2) is 0 Å². The first-order chi connectivity index (χ1) is 48.9. The van der Waals surface area contributed by atoms with E-state index in [9.17, 15) is 44.4 Å². The van der Waals surface area contributed by atoms with Crippen molar-refractivity contribution in [1.82, 2.24) is 0 Å². The molecule has 10 nitrogen and oxygen atoms in total. The summed E-state index contributed by atoms with van der Waals surface area (Å²) in [5.74, 6) is -4.27. The monoisotopic (exact) mass is 1470 g/mol. The van der Waals surface area contributed by atoms with Crippen LogP contribution in [-0.4, -0.2) is 81.1 Å². The van der Waals surface area contributed by atoms with Crippen LogP contribution in [0.25, 0.3) is 0 Å². The second-order valence-electron chi connectivity index (χ2n) is 30.4. The van der Waals surface area contributed by atoms with E-state index in [1.54, 1.807) is 0 Å². The summed E-state index contributed by atoms with van der Waals surface area (Å²) >= 11 is 0. The molecule has 0 aliphatic rings. The van der Waals surface area contributed by atoms with Gasteiger partial charge in [-0.15, -0.1) is 0 Å². The fourth-order valence-electron chi connectivity index (χ4n) is 13.2. The Kier molecular flexibility index (Phi) is 124. The van der Waals surface area contributed by atoms with E-state index >= 15 is 0 Å². The summed E-state index contributed by atoms with van der Waals surface area (Å²) in [5, 5.41) is 49.4. The maximum absolute atomic E-state index is 10.3. The van der Waals surface area contributed by atoms with Gasteiger partial charge >= 0.3 is 52.1 Å². The Morgan fingerprint density at radius 3 is 0.314 bits per heavy atom. The summed E-state index contributed by atoms with van der Waals surface area (Å²) in [6.07, 6.45) is 99.6. The zero-order valence-electron chi connectivity index (χ0n) is 69.6. The topological polar surface area (TPSA) is 198 Å². The van der Waals surface area contributed by atoms with Crippen molar-refractivity contribution in [2.45, 2.75) is 548 Å². The molecule has 0 amide bonds. The van der Waals surface area contributed by atoms with E-state index in [1.165, 1.54) is 417 Å². The Hall–Kier alpha value is -1.12. The number of carboxylic acid groups (broad SMARTS) is 5. The number of hydrogen-bond donors (Lipinski definition) is 1. The first-order valence-corrected chi connectivity index (χ1v) is 44.9. The van der Waals surface area contributed by atoms with E-state index in [4.69, 9.17) is 5.11 Å². The Bertz CT molecular complexity index is 1280. The van der Waals surface area contributed by atoms with Gasteiger partial charge < -0.3 is 44.7 Å². The predicted octanol–water partition coefficient (Wildman–Crippen LogP) is 25.6. The van der Waals surface area contributed by atoms with Gasteiger partial charge in [-0.3, -0.25) is 4.79 Å². The Morgan fingerprint density at radius 1 is 0.157 bits per heavy atom. The molecule has 0 spiro atoms. The van der Waals surface area contributed by atoms with E-state index in [-0.39, 0.29) is 71.8 Å². The molecule has 0 rings (SSSR count). The Balaban J connectivity index is -0.000000220. The molecule has 0 heterocycles. The summed E-state index contributed by atoms with van der Waals surface area (Å²) in [4.78, 5) is 51.2. The van der Waals surface area contributed by atoms with Gasteiger partial charge in [0.25, 0.3) is 0 Å². The van der Waals surface area contributed by atoms with Crippen LogP contribution in [0.2, 0.25) is 0 Å². The van der Waals surface area contributed by atoms with Crippen LogP contribution in [0.3, 0.4) is 0 Å². The molecule has 0 bridgehead atoms. The number of hydrogen-bond acceptors (Lipinski definition) is 9. The van der Waals surface area contributed by atoms with Crippen LogP contribution >= 0.6 is 0 Å². The third-order valence-corrected chi connectivity index (χ3v) is 19.9. The largest absolute Gasteiger partial charge is 2.00 e. The van der Waals surface area contributed by atoms with Crippen molar-refractivity contribution in [2.75, 3.05) is 0 Å². The molecule has 0 aromatic heterocycles. The van der Waals surface area contributed by atoms with Gasteiger partial charge in [0.2, 0.25) is 0 Å². The third-order valence-electron chi connectivity index (χ3n) is 19.9. The second-order valence-corrected chi connectivity index (χ2v) is 30.4. The van der Waals surface area contributed by atoms with E-state index in [1.807, 2.05) is 0 Å². The Morgan fingerprint density at radius 2 is 0.235 bits per heavy atom. The van der Waals surface area contributed by atoms with Crippen LogP contribution < -0.4 is 20.4 Å². The molecule has 0 fully saturated rings. The van der Waals surface area contributed by atoms with Crippen LogP contribution in [0, 0.1) is 0 Å². The van der Waals surface area contributed by atoms with Gasteiger partial charge in [-0.05, 0) is 57.8 Å². The second kappa shape index (κ2) is 111. The zero-order valence-corrected chi connectivity index (χ0v) is 72.4. The molecule has 0 atom stereocenters. The van der Waals surface area contributed by atoms with Crippen molar-refractivity contribution in [3.05, 3.63) is 0 Å². The first-order valence-electron chi connectivity index (χ1n) is 44.9. The predicted molar refractivity (Wildman–Crippen MR) is 437 cm³/mol. The van der Waals surface area contributed by atoms with Crippen LogP contribution in [-0.2, 0) is 24.0 Å². The van der Waals surface area contributed by atoms with Gasteiger partial charge in [-0.2, -0.15) is 0 Å². The maximum Gasteiger partial charge on any atom is 2.00 e. The minimum atomic E-state index is -0.903. The molecule has 0 radical (unpaired) electrons. The molecule has 12 heteroatoms. The van der Waals surface area contributed by atoms with E-state index < -0.39 is 29.8 Å². The number of carbonyl (C=O) groups excluding carboxylic acids is 4. The van der Waals surface area contributed by atoms with Crippen molar-refractivity contribution in [1.29, 1.82) is 0 Å². The quantitative estimate of drug-likeness (QED) is 0.0452. The average Bonchev–Trinajstić information content (AvgIpc) is 3.77. The molecule has 1 N–H and O–H groups in total. The minimum Gasteiger partial charge on any atom is -0.550 e. The molecule has 0 unspecified atom stereocenters. The van der Waals surface area contributed by atoms with Crippen molar-refractivity contribution < 1.29 is 49.5 Å². The van der Waals surface area contributed by atoms with Crippen molar-refractivity contribution in [2.24, 2.45) is 0 Å². The maximum atomic E-state index is 10.3. The third kappa shape index (κ3) is 135. The average molecular weight is 1470 g/mol. The molecule has 0 aromatic rings. The van der Waals surface area contributed by atoms with Crippen LogP contribution in [0.4, 0.5) is 0 Å². The minimum absolute atomic E-state index is 0. The van der Waals surface area contributed by atoms with Crippen LogP contribution in [0.1, 0.15) is 548 Å². The molecule has 102 heavy (non-hydrogen) atoms. The van der Waals surface area contributed by atoms with Gasteiger partial charge in [0.1, 0.15) is 0 Å². The molecular weight excluding hydrogens is 1290 g/mol. The van der Waals surface area contributed by atoms with E-state index in [2.05, 4.69) is 34.6 Å². The van der Waals surface area contributed by atoms with E-state index in [0.29, 0.717) is 6.42 Å². The molecule has 600 valence electrons. The smallest absolute Gasteiger partial charge is 0.550 e. The number of carbonyl (C=O) groups is 5. The summed E-state index contributed by atoms with van der Waals surface area (Å²) in [6, 6.07) is 0. The van der Waals surface area contributed by atoms with Crippen LogP contribution in [0.5, 0.6) is 0 Å². The fourth-order valence-corrected chi connectivity index (χ4v) is 13.2. The van der Waals surface area contributed by atoms with Crippen molar-refractivity contribution in [3.8, 4) is 0 Å². The van der Waals surface area contributed by atoms with Gasteiger partial charge in [-0.1, -0.05) is 484 Å². The fraction of sp³-hybridized carbons (Fsp3) is 0.944. The molecule has 0 saturated heterocycles. The number of aliphatic carboxylic acids is 5. The number of unbranched alkanes of at least 4 members (excludes halogenated alkanes) is 70. The molecule has 0 aliphatic heterocycles. The van der Waals surface area contributed by atoms with Gasteiger partial charge in [-0.25, -0.2) is 0 Å². The zero-order chi connectivity index (χ0) is 74.5. The standard InChI is InChI=1S/5C18H36O2.2Mg/c5*1-2-3-4-5-6-7-8-9-10-11-12-13-14-15-16-17-18(19)20;;/h5*2-17H2,1H3,(H,19,20);;/q;;;;;2*+2/p-4. The molecular formula is C90H176Mg2O10. The molecule has 0 aromatic carbocycles. The van der Waals surface area contributed by atoms with Gasteiger partial charge in [0.05, 0.1) is 0 Å². The normalized spacial score (nSPS) is 10.6. The molecule has 0 saturated carbocycles. The summed E-state index contributed by atoms with van der Waals surface area (Å²) in [5.41, 5.74) is 0. The first kappa shape index (κ1) is 114. The Labute approximate surface area is 669 Å². The number of rotatable bonds is 80. The van der Waals surface area contributed by atoms with Gasteiger partial charge in [0, 0.05) is 30.3 Å². The summed E-state index contributed by atoms with van der Waals surface area (Å²) < 4.78 is 0. The summed E-state index contributed by atoms with van der Waals surface area (Å²) in [7, 11) is 0. The van der Waals surface area contributed by atoms with Crippen molar-refractivity contribution in [3.63, 3.8) is 0 Å². The SMILES string of the molecule is CCCCCCCCCCCCCCCCCC(=O)O.CCCCCCCCCCCCCCCCCC(=O)[O-].CCCCCCCCCCCCCCCCCC(=O)[O-].CCCCCCCCCCCCCCCCCC(=O)[O-].CCCCCCCCCCCCCCCCCC(=O)[O-].[Mg+2].[Mg+2]. The molecule has 0 aliphatic carbocycles. The van der Waals surface area contributed by atoms with Crippen molar-refractivity contribution >= 4 is 76.0 Å².